The van der Waals surface area contributed by atoms with Gasteiger partial charge in [0, 0.05) is 11.9 Å². The van der Waals surface area contributed by atoms with E-state index >= 15 is 0 Å². The minimum absolute atomic E-state index is 0.0528. The van der Waals surface area contributed by atoms with Crippen molar-refractivity contribution in [2.45, 2.75) is 34.1 Å². The van der Waals surface area contributed by atoms with Gasteiger partial charge >= 0.3 is 0 Å². The van der Waals surface area contributed by atoms with E-state index in [2.05, 4.69) is 43.6 Å². The maximum absolute atomic E-state index is 9.04. The van der Waals surface area contributed by atoms with Crippen molar-refractivity contribution in [3.05, 3.63) is 0 Å². The Morgan fingerprint density at radius 1 is 1.09 bits per heavy atom. The molecule has 0 radical (unpaired) electrons. The van der Waals surface area contributed by atoms with Crippen LogP contribution in [0.3, 0.4) is 0 Å². The van der Waals surface area contributed by atoms with Gasteiger partial charge in [-0.3, -0.25) is 0 Å². The first-order valence-corrected chi connectivity index (χ1v) is 5.12. The summed E-state index contributed by atoms with van der Waals surface area (Å²) >= 11 is 3.47. The first-order valence-electron chi connectivity index (χ1n) is 4.00. The highest BCUT2D eigenvalue weighted by Crippen LogP contribution is 2.34. The summed E-state index contributed by atoms with van der Waals surface area (Å²) in [6.45, 7) is 8.87. The predicted molar refractivity (Wildman–Crippen MR) is 53.1 cm³/mol. The van der Waals surface area contributed by atoms with E-state index in [-0.39, 0.29) is 17.4 Å². The molecule has 11 heavy (non-hydrogen) atoms. The van der Waals surface area contributed by atoms with Crippen molar-refractivity contribution < 1.29 is 5.11 Å². The second-order valence-electron chi connectivity index (χ2n) is 4.80. The Balaban J connectivity index is 4.02. The van der Waals surface area contributed by atoms with Crippen LogP contribution in [-0.4, -0.2) is 17.0 Å². The van der Waals surface area contributed by atoms with Crippen LogP contribution in [0.1, 0.15) is 34.1 Å². The molecule has 0 aromatic rings. The van der Waals surface area contributed by atoms with E-state index in [0.29, 0.717) is 0 Å². The molecule has 0 spiro atoms. The van der Waals surface area contributed by atoms with E-state index < -0.39 is 0 Å². The molecule has 1 N–H and O–H groups in total. The minimum atomic E-state index is 0.0528. The minimum Gasteiger partial charge on any atom is -0.396 e. The lowest BCUT2D eigenvalue weighted by atomic mass is 9.77. The fourth-order valence-corrected chi connectivity index (χ4v) is 1.60. The van der Waals surface area contributed by atoms with E-state index in [1.165, 1.54) is 0 Å². The van der Waals surface area contributed by atoms with Gasteiger partial charge in [0.1, 0.15) is 0 Å². The van der Waals surface area contributed by atoms with Crippen molar-refractivity contribution >= 4 is 15.9 Å². The van der Waals surface area contributed by atoms with Crippen LogP contribution >= 0.6 is 15.9 Å². The second kappa shape index (κ2) is 3.90. The van der Waals surface area contributed by atoms with Crippen LogP contribution in [0.5, 0.6) is 0 Å². The predicted octanol–water partition coefficient (Wildman–Crippen LogP) is 2.82. The van der Waals surface area contributed by atoms with Crippen LogP contribution in [0.4, 0.5) is 0 Å². The van der Waals surface area contributed by atoms with Crippen LogP contribution < -0.4 is 0 Å². The summed E-state index contributed by atoms with van der Waals surface area (Å²) in [5.41, 5.74) is 0.337. The van der Waals surface area contributed by atoms with Crippen LogP contribution in [-0.2, 0) is 0 Å². The maximum Gasteiger partial charge on any atom is 0.0482 e. The molecule has 0 heterocycles. The number of rotatable bonds is 4. The van der Waals surface area contributed by atoms with E-state index in [0.717, 1.165) is 11.8 Å². The molecule has 0 saturated heterocycles. The molecule has 0 saturated carbocycles. The average molecular weight is 223 g/mol. The first-order chi connectivity index (χ1) is 4.83. The first kappa shape index (κ1) is 11.4. The zero-order valence-corrected chi connectivity index (χ0v) is 9.53. The molecule has 68 valence electrons. The number of hydrogen-bond donors (Lipinski definition) is 1. The zero-order valence-electron chi connectivity index (χ0n) is 7.95. The molecule has 0 amide bonds. The molecule has 0 atom stereocenters. The lowest BCUT2D eigenvalue weighted by Gasteiger charge is -2.32. The maximum atomic E-state index is 9.04. The summed E-state index contributed by atoms with van der Waals surface area (Å²) in [4.78, 5) is 0. The molecule has 0 rings (SSSR count). The van der Waals surface area contributed by atoms with Gasteiger partial charge in [-0.15, -0.1) is 0 Å². The summed E-state index contributed by atoms with van der Waals surface area (Å²) in [6, 6.07) is 0. The summed E-state index contributed by atoms with van der Waals surface area (Å²) in [6.07, 6.45) is 1.04. The largest absolute Gasteiger partial charge is 0.396 e. The topological polar surface area (TPSA) is 20.2 Å². The van der Waals surface area contributed by atoms with Gasteiger partial charge in [0.15, 0.2) is 0 Å². The number of hydrogen-bond acceptors (Lipinski definition) is 1. The Morgan fingerprint density at radius 2 is 1.55 bits per heavy atom. The number of alkyl halides is 1. The number of aliphatic hydroxyl groups is 1. The highest BCUT2D eigenvalue weighted by atomic mass is 79.9. The number of halogens is 1. The molecule has 2 heteroatoms. The monoisotopic (exact) mass is 222 g/mol. The van der Waals surface area contributed by atoms with Gasteiger partial charge < -0.3 is 5.11 Å². The van der Waals surface area contributed by atoms with Gasteiger partial charge in [0.05, 0.1) is 0 Å². The van der Waals surface area contributed by atoms with Crippen LogP contribution in [0.25, 0.3) is 0 Å². The Morgan fingerprint density at radius 3 is 1.82 bits per heavy atom. The van der Waals surface area contributed by atoms with Gasteiger partial charge in [-0.25, -0.2) is 0 Å². The quantitative estimate of drug-likeness (QED) is 0.726. The number of aliphatic hydroxyl groups excluding tert-OH is 1. The highest BCUT2D eigenvalue weighted by Gasteiger charge is 2.27. The standard InChI is InChI=1S/C9H19BrO/c1-8(2,6-10)5-9(3,4)7-11/h11H,5-7H2,1-4H3. The fraction of sp³-hybridized carbons (Fsp3) is 1.00. The third-order valence-corrected chi connectivity index (χ3v) is 3.26. The lowest BCUT2D eigenvalue weighted by Crippen LogP contribution is -2.27. The Hall–Kier alpha value is 0.440. The average Bonchev–Trinajstić information content (AvgIpc) is 1.86. The van der Waals surface area contributed by atoms with Crippen molar-refractivity contribution in [3.8, 4) is 0 Å². The molecule has 0 aliphatic carbocycles. The van der Waals surface area contributed by atoms with Crippen LogP contribution in [0.15, 0.2) is 0 Å². The summed E-state index contributed by atoms with van der Waals surface area (Å²) in [5.74, 6) is 0. The SMILES string of the molecule is CC(C)(CO)CC(C)(C)CBr. The molecule has 0 aliphatic rings. The molecule has 0 aliphatic heterocycles. The van der Waals surface area contributed by atoms with Crippen molar-refractivity contribution in [2.75, 3.05) is 11.9 Å². The Kier molecular flexibility index (Phi) is 4.06. The second-order valence-corrected chi connectivity index (χ2v) is 5.36. The van der Waals surface area contributed by atoms with Crippen LogP contribution in [0.2, 0.25) is 0 Å². The molecule has 0 aromatic heterocycles. The van der Waals surface area contributed by atoms with E-state index in [1.807, 2.05) is 0 Å². The molecular weight excluding hydrogens is 204 g/mol. The summed E-state index contributed by atoms with van der Waals surface area (Å²) in [5, 5.41) is 10.0. The van der Waals surface area contributed by atoms with Gasteiger partial charge in [-0.2, -0.15) is 0 Å². The molecule has 0 fully saturated rings. The van der Waals surface area contributed by atoms with E-state index in [4.69, 9.17) is 5.11 Å². The van der Waals surface area contributed by atoms with Crippen molar-refractivity contribution in [1.82, 2.24) is 0 Å². The fourth-order valence-electron chi connectivity index (χ4n) is 1.40. The van der Waals surface area contributed by atoms with Crippen molar-refractivity contribution in [3.63, 3.8) is 0 Å². The van der Waals surface area contributed by atoms with Gasteiger partial charge in [0.25, 0.3) is 0 Å². The van der Waals surface area contributed by atoms with E-state index in [1.54, 1.807) is 0 Å². The third-order valence-electron chi connectivity index (χ3n) is 1.75. The summed E-state index contributed by atoms with van der Waals surface area (Å²) < 4.78 is 0. The lowest BCUT2D eigenvalue weighted by molar-refractivity contribution is 0.112. The molecule has 1 nitrogen and oxygen atoms in total. The highest BCUT2D eigenvalue weighted by molar-refractivity contribution is 9.09. The van der Waals surface area contributed by atoms with E-state index in [9.17, 15) is 0 Å². The molecule has 0 aromatic carbocycles. The van der Waals surface area contributed by atoms with Crippen LogP contribution in [0, 0.1) is 10.8 Å². The summed E-state index contributed by atoms with van der Waals surface area (Å²) in [7, 11) is 0. The van der Waals surface area contributed by atoms with Gasteiger partial charge in [0.2, 0.25) is 0 Å². The molecule has 0 bridgehead atoms. The van der Waals surface area contributed by atoms with Gasteiger partial charge in [-0.05, 0) is 17.3 Å². The van der Waals surface area contributed by atoms with Crippen molar-refractivity contribution in [1.29, 1.82) is 0 Å². The normalized spacial score (nSPS) is 13.6. The Bertz CT molecular complexity index is 105. The zero-order chi connectivity index (χ0) is 9.12. The van der Waals surface area contributed by atoms with Crippen molar-refractivity contribution in [2.24, 2.45) is 10.8 Å². The molecule has 0 unspecified atom stereocenters. The smallest absolute Gasteiger partial charge is 0.0482 e. The van der Waals surface area contributed by atoms with Gasteiger partial charge in [-0.1, -0.05) is 43.6 Å². The molecular formula is C9H19BrO. The third kappa shape index (κ3) is 4.81. The Labute approximate surface area is 78.3 Å².